The molecule has 0 bridgehead atoms. The highest BCUT2D eigenvalue weighted by molar-refractivity contribution is 4.93. The van der Waals surface area contributed by atoms with Crippen LogP contribution in [0.15, 0.2) is 24.5 Å². The van der Waals surface area contributed by atoms with Gasteiger partial charge in [0.15, 0.2) is 0 Å². The van der Waals surface area contributed by atoms with E-state index in [-0.39, 0.29) is 0 Å². The Morgan fingerprint density at radius 2 is 2.10 bits per heavy atom. The summed E-state index contributed by atoms with van der Waals surface area (Å²) in [5.74, 6) is 0. The molecule has 2 nitrogen and oxygen atoms in total. The lowest BCUT2D eigenvalue weighted by Gasteiger charge is -2.11. The van der Waals surface area contributed by atoms with Gasteiger partial charge in [-0.15, -0.1) is 0 Å². The van der Waals surface area contributed by atoms with Crippen molar-refractivity contribution in [2.75, 3.05) is 6.54 Å². The quantitative estimate of drug-likeness (QED) is 0.617. The normalized spacial score (nSPS) is 25.4. The summed E-state index contributed by atoms with van der Waals surface area (Å²) in [5, 5.41) is 3.42. The summed E-state index contributed by atoms with van der Waals surface area (Å²) in [5.41, 5.74) is 0. The van der Waals surface area contributed by atoms with Crippen LogP contribution in [0.1, 0.15) is 19.0 Å². The molecule has 1 unspecified atom stereocenters. The molecule has 0 spiro atoms. The van der Waals surface area contributed by atoms with Crippen LogP contribution >= 0.6 is 0 Å². The van der Waals surface area contributed by atoms with E-state index < -0.39 is 0 Å². The molecule has 2 rings (SSSR count). The van der Waals surface area contributed by atoms with Gasteiger partial charge in [0.05, 0.1) is 6.17 Å². The Morgan fingerprint density at radius 3 is 2.70 bits per heavy atom. The third kappa shape index (κ3) is 0.948. The maximum Gasteiger partial charge on any atom is 0.0833 e. The van der Waals surface area contributed by atoms with Gasteiger partial charge in [-0.25, -0.2) is 0 Å². The smallest absolute Gasteiger partial charge is 0.0833 e. The standard InChI is InChI=1S/C8H12N2/c1-2-7-10(6-1)8-4-3-5-9-8/h1-2,6-9H,3-5H2. The van der Waals surface area contributed by atoms with Crippen LogP contribution in [-0.4, -0.2) is 11.1 Å². The highest BCUT2D eigenvalue weighted by Gasteiger charge is 2.13. The molecule has 1 atom stereocenters. The number of rotatable bonds is 1. The average molecular weight is 136 g/mol. The van der Waals surface area contributed by atoms with Crippen LogP contribution in [-0.2, 0) is 0 Å². The van der Waals surface area contributed by atoms with Crippen LogP contribution in [0.4, 0.5) is 0 Å². The molecule has 0 radical (unpaired) electrons. The van der Waals surface area contributed by atoms with Crippen molar-refractivity contribution in [3.05, 3.63) is 24.5 Å². The second-order valence-corrected chi connectivity index (χ2v) is 2.74. The first kappa shape index (κ1) is 5.98. The number of nitrogens with one attached hydrogen (secondary N) is 1. The Kier molecular flexibility index (Phi) is 1.47. The van der Waals surface area contributed by atoms with Gasteiger partial charge >= 0.3 is 0 Å². The molecule has 10 heavy (non-hydrogen) atoms. The van der Waals surface area contributed by atoms with Crippen LogP contribution < -0.4 is 5.32 Å². The minimum absolute atomic E-state index is 0.565. The summed E-state index contributed by atoms with van der Waals surface area (Å²) in [7, 11) is 0. The van der Waals surface area contributed by atoms with E-state index in [1.54, 1.807) is 0 Å². The zero-order chi connectivity index (χ0) is 6.81. The summed E-state index contributed by atoms with van der Waals surface area (Å²) in [6.07, 6.45) is 7.37. The minimum atomic E-state index is 0.565. The maximum absolute atomic E-state index is 3.42. The Morgan fingerprint density at radius 1 is 1.30 bits per heavy atom. The fourth-order valence-electron chi connectivity index (χ4n) is 1.48. The molecule has 1 aromatic rings. The second kappa shape index (κ2) is 2.46. The summed E-state index contributed by atoms with van der Waals surface area (Å²) in [6.45, 7) is 1.17. The zero-order valence-corrected chi connectivity index (χ0v) is 5.96. The lowest BCUT2D eigenvalue weighted by atomic mass is 10.3. The lowest BCUT2D eigenvalue weighted by Crippen LogP contribution is -2.18. The van der Waals surface area contributed by atoms with Gasteiger partial charge in [-0.2, -0.15) is 0 Å². The van der Waals surface area contributed by atoms with E-state index >= 15 is 0 Å². The molecule has 1 fully saturated rings. The Labute approximate surface area is 60.9 Å². The monoisotopic (exact) mass is 136 g/mol. The van der Waals surface area contributed by atoms with Gasteiger partial charge in [-0.3, -0.25) is 5.32 Å². The molecule has 0 amide bonds. The van der Waals surface area contributed by atoms with Crippen molar-refractivity contribution >= 4 is 0 Å². The molecule has 0 saturated carbocycles. The van der Waals surface area contributed by atoms with Crippen molar-refractivity contribution in [2.45, 2.75) is 19.0 Å². The zero-order valence-electron chi connectivity index (χ0n) is 5.96. The predicted octanol–water partition coefficient (Wildman–Crippen LogP) is 1.37. The van der Waals surface area contributed by atoms with E-state index in [9.17, 15) is 0 Å². The molecule has 1 aromatic heterocycles. The predicted molar refractivity (Wildman–Crippen MR) is 40.7 cm³/mol. The summed E-state index contributed by atoms with van der Waals surface area (Å²) in [4.78, 5) is 0. The Hall–Kier alpha value is -0.760. The number of hydrogen-bond donors (Lipinski definition) is 1. The summed E-state index contributed by atoms with van der Waals surface area (Å²) >= 11 is 0. The number of nitrogens with zero attached hydrogens (tertiary/aromatic N) is 1. The SMILES string of the molecule is c1ccn(C2CCCN2)c1. The van der Waals surface area contributed by atoms with Crippen molar-refractivity contribution in [3.8, 4) is 0 Å². The van der Waals surface area contributed by atoms with E-state index in [2.05, 4.69) is 34.4 Å². The maximum atomic E-state index is 3.42. The van der Waals surface area contributed by atoms with Gasteiger partial charge in [0.1, 0.15) is 0 Å². The third-order valence-electron chi connectivity index (χ3n) is 2.02. The van der Waals surface area contributed by atoms with Gasteiger partial charge in [0, 0.05) is 12.4 Å². The molecule has 0 aliphatic carbocycles. The summed E-state index contributed by atoms with van der Waals surface area (Å²) < 4.78 is 2.23. The fraction of sp³-hybridized carbons (Fsp3) is 0.500. The van der Waals surface area contributed by atoms with Gasteiger partial charge in [0.2, 0.25) is 0 Å². The molecular formula is C8H12N2. The van der Waals surface area contributed by atoms with Crippen molar-refractivity contribution in [1.82, 2.24) is 9.88 Å². The molecular weight excluding hydrogens is 124 g/mol. The fourth-order valence-corrected chi connectivity index (χ4v) is 1.48. The lowest BCUT2D eigenvalue weighted by molar-refractivity contribution is 0.471. The first-order valence-electron chi connectivity index (χ1n) is 3.83. The topological polar surface area (TPSA) is 17.0 Å². The molecule has 54 valence electrons. The Balaban J connectivity index is 2.12. The largest absolute Gasteiger partial charge is 0.339 e. The van der Waals surface area contributed by atoms with Crippen LogP contribution in [0.2, 0.25) is 0 Å². The van der Waals surface area contributed by atoms with Crippen molar-refractivity contribution in [2.24, 2.45) is 0 Å². The van der Waals surface area contributed by atoms with Crippen molar-refractivity contribution < 1.29 is 0 Å². The van der Waals surface area contributed by atoms with Crippen molar-refractivity contribution in [3.63, 3.8) is 0 Å². The van der Waals surface area contributed by atoms with E-state index in [1.807, 2.05) is 0 Å². The first-order chi connectivity index (χ1) is 4.97. The minimum Gasteiger partial charge on any atom is -0.339 e. The van der Waals surface area contributed by atoms with Gasteiger partial charge < -0.3 is 4.57 Å². The number of aromatic nitrogens is 1. The van der Waals surface area contributed by atoms with Crippen LogP contribution in [0.25, 0.3) is 0 Å². The molecule has 1 aliphatic rings. The first-order valence-corrected chi connectivity index (χ1v) is 3.83. The second-order valence-electron chi connectivity index (χ2n) is 2.74. The number of hydrogen-bond acceptors (Lipinski definition) is 1. The van der Waals surface area contributed by atoms with Gasteiger partial charge in [0.25, 0.3) is 0 Å². The summed E-state index contributed by atoms with van der Waals surface area (Å²) in [6, 6.07) is 4.14. The van der Waals surface area contributed by atoms with E-state index in [0.717, 1.165) is 0 Å². The molecule has 0 aromatic carbocycles. The van der Waals surface area contributed by atoms with Gasteiger partial charge in [-0.1, -0.05) is 0 Å². The van der Waals surface area contributed by atoms with Crippen LogP contribution in [0, 0.1) is 0 Å². The molecule has 2 heteroatoms. The average Bonchev–Trinajstić information content (AvgIpc) is 2.59. The van der Waals surface area contributed by atoms with E-state index in [4.69, 9.17) is 0 Å². The molecule has 1 N–H and O–H groups in total. The third-order valence-corrected chi connectivity index (χ3v) is 2.02. The molecule has 1 saturated heterocycles. The van der Waals surface area contributed by atoms with Crippen LogP contribution in [0.5, 0.6) is 0 Å². The van der Waals surface area contributed by atoms with Crippen LogP contribution in [0.3, 0.4) is 0 Å². The molecule has 1 aliphatic heterocycles. The molecule has 2 heterocycles. The van der Waals surface area contributed by atoms with E-state index in [0.29, 0.717) is 6.17 Å². The Bertz CT molecular complexity index is 185. The van der Waals surface area contributed by atoms with E-state index in [1.165, 1.54) is 19.4 Å². The highest BCUT2D eigenvalue weighted by atomic mass is 15.2. The van der Waals surface area contributed by atoms with Gasteiger partial charge in [-0.05, 0) is 31.5 Å². The van der Waals surface area contributed by atoms with Crippen molar-refractivity contribution in [1.29, 1.82) is 0 Å². The highest BCUT2D eigenvalue weighted by Crippen LogP contribution is 2.15.